The number of carbonyl (C=O) groups excluding carboxylic acids is 2. The molecule has 0 saturated heterocycles. The van der Waals surface area contributed by atoms with Gasteiger partial charge in [-0.25, -0.2) is 0 Å². The zero-order chi connectivity index (χ0) is 22.3. The lowest BCUT2D eigenvalue weighted by Crippen LogP contribution is -2.36. The van der Waals surface area contributed by atoms with Crippen molar-refractivity contribution in [1.29, 1.82) is 0 Å². The van der Waals surface area contributed by atoms with Gasteiger partial charge in [0.1, 0.15) is 0 Å². The number of carbonyl (C=O) groups is 2. The second-order valence-electron chi connectivity index (χ2n) is 8.21. The van der Waals surface area contributed by atoms with Crippen molar-refractivity contribution >= 4 is 34.8 Å². The van der Waals surface area contributed by atoms with E-state index in [1.807, 2.05) is 32.9 Å². The second-order valence-corrected chi connectivity index (χ2v) is 8.62. The average Bonchev–Trinajstić information content (AvgIpc) is 2.67. The molecule has 0 bridgehead atoms. The molecule has 160 valence electrons. The van der Waals surface area contributed by atoms with Crippen molar-refractivity contribution in [3.8, 4) is 0 Å². The van der Waals surface area contributed by atoms with Crippen LogP contribution in [0.25, 0.3) is 0 Å². The number of thiocarbonyl (C=S) groups is 1. The lowest BCUT2D eigenvalue weighted by atomic mass is 9.96. The third-order valence-corrected chi connectivity index (χ3v) is 4.76. The van der Waals surface area contributed by atoms with Gasteiger partial charge in [0.05, 0.1) is 5.92 Å². The van der Waals surface area contributed by atoms with Gasteiger partial charge in [-0.1, -0.05) is 44.2 Å². The molecule has 0 spiro atoms. The summed E-state index contributed by atoms with van der Waals surface area (Å²) in [5.74, 6) is -0.0769. The summed E-state index contributed by atoms with van der Waals surface area (Å²) >= 11 is 5.28. The van der Waals surface area contributed by atoms with E-state index in [0.717, 1.165) is 12.0 Å². The molecule has 0 aliphatic heterocycles. The van der Waals surface area contributed by atoms with E-state index in [9.17, 15) is 9.59 Å². The molecule has 0 aliphatic carbocycles. The van der Waals surface area contributed by atoms with Crippen molar-refractivity contribution in [3.63, 3.8) is 0 Å². The van der Waals surface area contributed by atoms with Gasteiger partial charge in [-0.05, 0) is 74.7 Å². The third-order valence-electron chi connectivity index (χ3n) is 4.56. The summed E-state index contributed by atoms with van der Waals surface area (Å²) in [5, 5.41) is 8.76. The molecule has 0 heterocycles. The fourth-order valence-electron chi connectivity index (χ4n) is 3.03. The van der Waals surface area contributed by atoms with E-state index < -0.39 is 0 Å². The molecule has 0 aromatic heterocycles. The lowest BCUT2D eigenvalue weighted by molar-refractivity contribution is -0.120. The highest BCUT2D eigenvalue weighted by molar-refractivity contribution is 7.80. The molecule has 0 aliphatic rings. The minimum absolute atomic E-state index is 0.0513. The van der Waals surface area contributed by atoms with Gasteiger partial charge in [0.2, 0.25) is 5.91 Å². The van der Waals surface area contributed by atoms with Gasteiger partial charge in [0.25, 0.3) is 5.91 Å². The second kappa shape index (κ2) is 10.9. The highest BCUT2D eigenvalue weighted by Gasteiger charge is 2.17. The van der Waals surface area contributed by atoms with Gasteiger partial charge < -0.3 is 16.0 Å². The van der Waals surface area contributed by atoms with Crippen LogP contribution in [0.15, 0.2) is 48.5 Å². The predicted octanol–water partition coefficient (Wildman–Crippen LogP) is 4.64. The number of hydrogen-bond acceptors (Lipinski definition) is 3. The van der Waals surface area contributed by atoms with Gasteiger partial charge in [0.15, 0.2) is 5.11 Å². The first-order chi connectivity index (χ1) is 14.2. The highest BCUT2D eigenvalue weighted by Crippen LogP contribution is 2.18. The Labute approximate surface area is 184 Å². The van der Waals surface area contributed by atoms with E-state index in [1.165, 1.54) is 5.56 Å². The third kappa shape index (κ3) is 7.26. The molecule has 2 amide bonds. The van der Waals surface area contributed by atoms with Gasteiger partial charge >= 0.3 is 0 Å². The Balaban J connectivity index is 1.95. The van der Waals surface area contributed by atoms with Gasteiger partial charge in [-0.3, -0.25) is 9.59 Å². The normalized spacial score (nSPS) is 11.8. The number of rotatable bonds is 7. The summed E-state index contributed by atoms with van der Waals surface area (Å²) in [6, 6.07) is 15.2. The van der Waals surface area contributed by atoms with Crippen LogP contribution in [0.1, 0.15) is 62.0 Å². The number of benzene rings is 2. The van der Waals surface area contributed by atoms with Crippen molar-refractivity contribution in [3.05, 3.63) is 65.2 Å². The van der Waals surface area contributed by atoms with Crippen LogP contribution in [0.5, 0.6) is 0 Å². The maximum Gasteiger partial charge on any atom is 0.251 e. The summed E-state index contributed by atoms with van der Waals surface area (Å²) in [5.41, 5.74) is 3.37. The van der Waals surface area contributed by atoms with Crippen LogP contribution in [0.2, 0.25) is 0 Å². The molecule has 2 aromatic rings. The van der Waals surface area contributed by atoms with Crippen molar-refractivity contribution in [2.45, 2.75) is 53.0 Å². The molecule has 30 heavy (non-hydrogen) atoms. The van der Waals surface area contributed by atoms with Gasteiger partial charge in [-0.2, -0.15) is 0 Å². The molecule has 1 atom stereocenters. The van der Waals surface area contributed by atoms with E-state index >= 15 is 0 Å². The molecular formula is C24H31N3O2S. The number of amides is 2. The van der Waals surface area contributed by atoms with Crippen molar-refractivity contribution < 1.29 is 9.59 Å². The summed E-state index contributed by atoms with van der Waals surface area (Å²) < 4.78 is 0. The zero-order valence-electron chi connectivity index (χ0n) is 18.3. The molecular weight excluding hydrogens is 394 g/mol. The Morgan fingerprint density at radius 1 is 0.967 bits per heavy atom. The van der Waals surface area contributed by atoms with Gasteiger partial charge in [-0.15, -0.1) is 0 Å². The topological polar surface area (TPSA) is 70.2 Å². The van der Waals surface area contributed by atoms with E-state index in [1.54, 1.807) is 24.3 Å². The molecule has 6 heteroatoms. The molecule has 0 saturated carbocycles. The smallest absolute Gasteiger partial charge is 0.251 e. The maximum absolute atomic E-state index is 12.6. The fraction of sp³-hybridized carbons (Fsp3) is 0.375. The quantitative estimate of drug-likeness (QED) is 0.565. The first-order valence-electron chi connectivity index (χ1n) is 10.3. The lowest BCUT2D eigenvalue weighted by Gasteiger charge is -2.15. The first kappa shape index (κ1) is 23.5. The van der Waals surface area contributed by atoms with E-state index in [0.29, 0.717) is 17.2 Å². The Morgan fingerprint density at radius 3 is 2.23 bits per heavy atom. The van der Waals surface area contributed by atoms with Crippen molar-refractivity contribution in [1.82, 2.24) is 10.6 Å². The number of nitrogens with one attached hydrogen (secondary N) is 3. The van der Waals surface area contributed by atoms with Crippen LogP contribution in [0.3, 0.4) is 0 Å². The van der Waals surface area contributed by atoms with E-state index in [4.69, 9.17) is 12.2 Å². The fourth-order valence-corrected chi connectivity index (χ4v) is 3.25. The summed E-state index contributed by atoms with van der Waals surface area (Å²) in [7, 11) is 0. The molecule has 5 nitrogen and oxygen atoms in total. The predicted molar refractivity (Wildman–Crippen MR) is 127 cm³/mol. The Bertz CT molecular complexity index is 892. The molecule has 3 N–H and O–H groups in total. The Kier molecular flexibility index (Phi) is 8.54. The molecule has 2 rings (SSSR count). The van der Waals surface area contributed by atoms with Crippen LogP contribution in [-0.4, -0.2) is 23.0 Å². The molecule has 1 unspecified atom stereocenters. The Morgan fingerprint density at radius 2 is 1.63 bits per heavy atom. The zero-order valence-corrected chi connectivity index (χ0v) is 19.1. The largest absolute Gasteiger partial charge is 0.350 e. The molecule has 0 fully saturated rings. The van der Waals surface area contributed by atoms with Crippen LogP contribution in [0.4, 0.5) is 5.69 Å². The minimum atomic E-state index is -0.332. The molecule has 0 radical (unpaired) electrons. The molecule has 2 aromatic carbocycles. The van der Waals surface area contributed by atoms with Crippen LogP contribution in [-0.2, 0) is 11.2 Å². The van der Waals surface area contributed by atoms with E-state index in [2.05, 4.69) is 41.9 Å². The standard InChI is InChI=1S/C24H31N3O2S/c1-15(2)13-18-9-11-19(12-10-18)17(5)22(28)27-24(30)26-21-8-6-7-20(14-21)23(29)25-16(3)4/h6-12,14-17H,13H2,1-5H3,(H,25,29)(H2,26,27,28,30). The first-order valence-corrected chi connectivity index (χ1v) is 10.7. The SMILES string of the molecule is CC(C)Cc1ccc(C(C)C(=O)NC(=S)Nc2cccc(C(=O)NC(C)C)c2)cc1. The summed E-state index contributed by atoms with van der Waals surface area (Å²) in [4.78, 5) is 24.8. The van der Waals surface area contributed by atoms with E-state index in [-0.39, 0.29) is 28.9 Å². The van der Waals surface area contributed by atoms with Crippen LogP contribution < -0.4 is 16.0 Å². The minimum Gasteiger partial charge on any atom is -0.350 e. The van der Waals surface area contributed by atoms with Crippen molar-refractivity contribution in [2.24, 2.45) is 5.92 Å². The summed E-state index contributed by atoms with van der Waals surface area (Å²) in [6.07, 6.45) is 1.02. The maximum atomic E-state index is 12.6. The summed E-state index contributed by atoms with van der Waals surface area (Å²) in [6.45, 7) is 10.0. The number of hydrogen-bond donors (Lipinski definition) is 3. The van der Waals surface area contributed by atoms with Crippen LogP contribution >= 0.6 is 12.2 Å². The Hall–Kier alpha value is -2.73. The van der Waals surface area contributed by atoms with Crippen LogP contribution in [0, 0.1) is 5.92 Å². The average molecular weight is 426 g/mol. The van der Waals surface area contributed by atoms with Crippen molar-refractivity contribution in [2.75, 3.05) is 5.32 Å². The number of anilines is 1. The van der Waals surface area contributed by atoms with Gasteiger partial charge in [0, 0.05) is 17.3 Å². The monoisotopic (exact) mass is 425 g/mol. The highest BCUT2D eigenvalue weighted by atomic mass is 32.1.